The molecule has 0 saturated carbocycles. The van der Waals surface area contributed by atoms with Gasteiger partial charge in [-0.15, -0.1) is 0 Å². The van der Waals surface area contributed by atoms with E-state index in [0.29, 0.717) is 12.8 Å². The predicted molar refractivity (Wildman–Crippen MR) is 137 cm³/mol. The molecule has 0 bridgehead atoms. The maximum atomic E-state index is 11.5. The quantitative estimate of drug-likeness (QED) is 0.129. The molecule has 1 aliphatic heterocycles. The molecule has 1 aliphatic rings. The molecule has 2 rings (SSSR count). The molecule has 0 atom stereocenters. The van der Waals surface area contributed by atoms with E-state index in [9.17, 15) is 64.6 Å². The summed E-state index contributed by atoms with van der Waals surface area (Å²) in [5, 5.41) is 0. The zero-order valence-electron chi connectivity index (χ0n) is 22.6. The van der Waals surface area contributed by atoms with Crippen molar-refractivity contribution in [1.29, 1.82) is 0 Å². The van der Waals surface area contributed by atoms with E-state index in [1.165, 1.54) is 0 Å². The van der Waals surface area contributed by atoms with Gasteiger partial charge in [-0.3, -0.25) is 4.55 Å². The van der Waals surface area contributed by atoms with Crippen LogP contribution >= 0.6 is 0 Å². The number of hydrogen-bond acceptors (Lipinski definition) is 11. The zero-order chi connectivity index (χ0) is 33.9. The summed E-state index contributed by atoms with van der Waals surface area (Å²) in [7, 11) is -17.1. The van der Waals surface area contributed by atoms with Crippen LogP contribution in [0.2, 0.25) is 0 Å². The highest BCUT2D eigenvalue weighted by molar-refractivity contribution is 8.05. The molecule has 2 heterocycles. The molecule has 254 valence electrons. The van der Waals surface area contributed by atoms with Gasteiger partial charge in [0.1, 0.15) is 12.4 Å². The van der Waals surface area contributed by atoms with Gasteiger partial charge in [0.2, 0.25) is 6.33 Å². The van der Waals surface area contributed by atoms with Crippen LogP contribution in [0.5, 0.6) is 0 Å². The van der Waals surface area contributed by atoms with Crippen molar-refractivity contribution >= 4 is 40.3 Å². The summed E-state index contributed by atoms with van der Waals surface area (Å²) < 4.78 is 172. The Kier molecular flexibility index (Phi) is 15.4. The summed E-state index contributed by atoms with van der Waals surface area (Å²) in [6.45, 7) is 2.41. The second-order valence-electron chi connectivity index (χ2n) is 8.77. The van der Waals surface area contributed by atoms with Gasteiger partial charge in [-0.25, -0.2) is 34.4 Å². The highest BCUT2D eigenvalue weighted by atomic mass is 32.3. The van der Waals surface area contributed by atoms with Gasteiger partial charge in [0, 0.05) is 31.7 Å². The number of imidazole rings is 1. The minimum atomic E-state index is -6.60. The monoisotopic (exact) mass is 719 g/mol. The Morgan fingerprint density at radius 3 is 1.70 bits per heavy atom. The highest BCUT2D eigenvalue weighted by Crippen LogP contribution is 2.27. The van der Waals surface area contributed by atoms with E-state index >= 15 is 0 Å². The standard InChI is InChI=1S/C8H16N2O3S.C8H14N2O3S.C2HF6NO4S2/c2*1-9-5-6-10(8-9)4-2-3-7-14(11,12)13;3-1(4,5)14(10,11)9-15(12,13)2(6,7)8/h5-6H,2-4,7-8H2,1H3,(H,11,12,13);5-6,8H,2-4,7H2,1H3;9H. The Balaban J connectivity index is 0.000000616. The number of alkyl halides is 6. The summed E-state index contributed by atoms with van der Waals surface area (Å²) in [5.41, 5.74) is -12.3. The summed E-state index contributed by atoms with van der Waals surface area (Å²) in [6.07, 6.45) is 12.1. The molecule has 0 unspecified atom stereocenters. The van der Waals surface area contributed by atoms with Crippen molar-refractivity contribution in [3.05, 3.63) is 31.1 Å². The Bertz CT molecular complexity index is 1430. The lowest BCUT2D eigenvalue weighted by atomic mass is 10.3. The smallest absolute Gasteiger partial charge is 0.512 e. The molecular formula is C18H31F6N5O10S4. The highest BCUT2D eigenvalue weighted by Gasteiger charge is 2.55. The molecule has 2 N–H and O–H groups in total. The molecule has 0 fully saturated rings. The van der Waals surface area contributed by atoms with Crippen LogP contribution in [0.15, 0.2) is 31.1 Å². The number of unbranched alkanes of at least 4 members (excludes halogenated alkanes) is 2. The third-order valence-electron chi connectivity index (χ3n) is 4.75. The molecule has 15 nitrogen and oxygen atoms in total. The van der Waals surface area contributed by atoms with Crippen LogP contribution in [0.3, 0.4) is 0 Å². The minimum Gasteiger partial charge on any atom is -0.748 e. The van der Waals surface area contributed by atoms with Crippen molar-refractivity contribution in [1.82, 2.24) is 18.5 Å². The van der Waals surface area contributed by atoms with Gasteiger partial charge in [-0.2, -0.15) is 34.8 Å². The first-order valence-corrected chi connectivity index (χ1v) is 17.7. The molecule has 1 aromatic rings. The average molecular weight is 720 g/mol. The Morgan fingerprint density at radius 2 is 1.33 bits per heavy atom. The first-order chi connectivity index (χ1) is 19.2. The molecule has 0 saturated heterocycles. The SMILES string of the molecule is CN1C=CN(CCCCS(=O)(=O)[O-])C1.C[n+]1ccn(CCCCS(=O)(=O)O)c1.O=S(=O)(NS(=O)(=O)C(F)(F)F)C(F)(F)F. The van der Waals surface area contributed by atoms with Crippen LogP contribution in [-0.4, -0.2) is 99.9 Å². The van der Waals surface area contributed by atoms with E-state index in [1.807, 2.05) is 59.3 Å². The van der Waals surface area contributed by atoms with E-state index in [1.54, 1.807) is 0 Å². The lowest BCUT2D eigenvalue weighted by Crippen LogP contribution is -2.45. The van der Waals surface area contributed by atoms with Gasteiger partial charge >= 0.3 is 31.1 Å². The number of nitrogens with zero attached hydrogens (tertiary/aromatic N) is 4. The lowest BCUT2D eigenvalue weighted by Gasteiger charge is -2.17. The zero-order valence-corrected chi connectivity index (χ0v) is 25.8. The van der Waals surface area contributed by atoms with Gasteiger partial charge in [0.25, 0.3) is 10.1 Å². The van der Waals surface area contributed by atoms with Crippen molar-refractivity contribution in [2.24, 2.45) is 7.05 Å². The van der Waals surface area contributed by atoms with Crippen LogP contribution in [0, 0.1) is 0 Å². The topological polar surface area (TPSA) is 207 Å². The van der Waals surface area contributed by atoms with E-state index in [0.717, 1.165) is 32.6 Å². The van der Waals surface area contributed by atoms with Crippen molar-refractivity contribution < 1.29 is 73.7 Å². The van der Waals surface area contributed by atoms with Crippen molar-refractivity contribution in [3.63, 3.8) is 0 Å². The fraction of sp³-hybridized carbons (Fsp3) is 0.722. The van der Waals surface area contributed by atoms with Crippen molar-refractivity contribution in [2.75, 3.05) is 31.8 Å². The summed E-state index contributed by atoms with van der Waals surface area (Å²) >= 11 is 0. The van der Waals surface area contributed by atoms with E-state index in [2.05, 4.69) is 4.90 Å². The molecule has 0 aliphatic carbocycles. The molecule has 43 heavy (non-hydrogen) atoms. The molecule has 25 heteroatoms. The third-order valence-corrected chi connectivity index (χ3v) is 9.31. The molecule has 0 aromatic carbocycles. The first-order valence-electron chi connectivity index (χ1n) is 11.6. The first kappa shape index (κ1) is 40.8. The molecule has 0 spiro atoms. The van der Waals surface area contributed by atoms with Gasteiger partial charge < -0.3 is 14.4 Å². The van der Waals surface area contributed by atoms with Crippen molar-refractivity contribution in [2.45, 2.75) is 43.2 Å². The fourth-order valence-corrected chi connectivity index (χ4v) is 5.82. The van der Waals surface area contributed by atoms with Gasteiger partial charge in [-0.05, 0) is 25.7 Å². The van der Waals surface area contributed by atoms with E-state index < -0.39 is 55.4 Å². The molecule has 0 radical (unpaired) electrons. The van der Waals surface area contributed by atoms with Crippen molar-refractivity contribution in [3.8, 4) is 0 Å². The van der Waals surface area contributed by atoms with Gasteiger partial charge in [0.05, 0.1) is 36.1 Å². The molecular weight excluding hydrogens is 688 g/mol. The average Bonchev–Trinajstić information content (AvgIpc) is 3.39. The predicted octanol–water partition coefficient (Wildman–Crippen LogP) is 0.244. The number of aryl methyl sites for hydroxylation is 2. The Labute approximate surface area is 245 Å². The number of aromatic nitrogens is 2. The Hall–Kier alpha value is -2.19. The minimum absolute atomic E-state index is 0.152. The molecule has 1 aromatic heterocycles. The van der Waals surface area contributed by atoms with Crippen LogP contribution < -0.4 is 8.69 Å². The lowest BCUT2D eigenvalue weighted by molar-refractivity contribution is -0.671. The van der Waals surface area contributed by atoms with E-state index in [-0.39, 0.29) is 11.5 Å². The summed E-state index contributed by atoms with van der Waals surface area (Å²) in [6, 6.07) is 0. The van der Waals surface area contributed by atoms with Crippen LogP contribution in [0.4, 0.5) is 26.3 Å². The number of halogens is 6. The van der Waals surface area contributed by atoms with Crippen LogP contribution in [0.1, 0.15) is 25.7 Å². The maximum absolute atomic E-state index is 11.5. The van der Waals surface area contributed by atoms with Crippen LogP contribution in [-0.2, 0) is 53.9 Å². The largest absolute Gasteiger partial charge is 0.748 e. The van der Waals surface area contributed by atoms with Crippen LogP contribution in [0.25, 0.3) is 0 Å². The second kappa shape index (κ2) is 16.2. The van der Waals surface area contributed by atoms with Gasteiger partial charge in [0.15, 0.2) is 0 Å². The van der Waals surface area contributed by atoms with Gasteiger partial charge in [-0.1, -0.05) is 4.13 Å². The number of sulfonamides is 2. The fourth-order valence-electron chi connectivity index (χ4n) is 2.78. The van der Waals surface area contributed by atoms with E-state index in [4.69, 9.17) is 4.55 Å². The maximum Gasteiger partial charge on any atom is 0.512 e. The number of rotatable bonds is 12. The number of nitrogens with one attached hydrogen (secondary N) is 1. The third kappa shape index (κ3) is 18.3. The second-order valence-corrected chi connectivity index (χ2v) is 15.5. The summed E-state index contributed by atoms with van der Waals surface area (Å²) in [4.78, 5) is 4.11. The normalized spacial score (nSPS) is 14.7. The number of hydrogen-bond donors (Lipinski definition) is 2. The molecule has 0 amide bonds. The Morgan fingerprint density at radius 1 is 0.837 bits per heavy atom. The summed E-state index contributed by atoms with van der Waals surface area (Å²) in [5.74, 6) is -0.402.